The van der Waals surface area contributed by atoms with Crippen molar-refractivity contribution in [2.24, 2.45) is 23.7 Å². The highest BCUT2D eigenvalue weighted by Crippen LogP contribution is 2.36. The van der Waals surface area contributed by atoms with E-state index in [9.17, 15) is 0 Å². The smallest absolute Gasteiger partial charge is 0.118 e. The van der Waals surface area contributed by atoms with Crippen molar-refractivity contribution < 1.29 is 37.9 Å². The molecule has 6 rings (SSSR count). The normalized spacial score (nSPS) is 21.4. The van der Waals surface area contributed by atoms with Gasteiger partial charge in [-0.25, -0.2) is 0 Å². The molecule has 0 spiro atoms. The summed E-state index contributed by atoms with van der Waals surface area (Å²) in [7, 11) is 14.1. The molecule has 3 aromatic rings. The molecule has 0 saturated heterocycles. The summed E-state index contributed by atoms with van der Waals surface area (Å²) in [6.45, 7) is 3.24. The lowest BCUT2D eigenvalue weighted by Gasteiger charge is -2.33. The van der Waals surface area contributed by atoms with Crippen molar-refractivity contribution in [3.8, 4) is 11.5 Å². The highest BCUT2D eigenvalue weighted by molar-refractivity contribution is 5.34. The monoisotopic (exact) mass is 871 g/mol. The summed E-state index contributed by atoms with van der Waals surface area (Å²) in [4.78, 5) is 0. The predicted octanol–water partition coefficient (Wildman–Crippen LogP) is 13.7. The van der Waals surface area contributed by atoms with Crippen LogP contribution in [0.2, 0.25) is 0 Å². The first-order valence-electron chi connectivity index (χ1n) is 21.7. The zero-order chi connectivity index (χ0) is 41.8. The van der Waals surface area contributed by atoms with Crippen molar-refractivity contribution in [3.63, 3.8) is 0 Å². The molecule has 0 aliphatic heterocycles. The molecule has 3 aromatic carbocycles. The van der Waals surface area contributed by atoms with E-state index >= 15 is 0 Å². The summed E-state index contributed by atoms with van der Waals surface area (Å²) in [6, 6.07) is 24.5. The van der Waals surface area contributed by atoms with Crippen LogP contribution >= 0.6 is 0 Å². The Morgan fingerprint density at radius 2 is 0.645 bits per heavy atom. The number of hydrogen-bond donors (Lipinski definition) is 0. The van der Waals surface area contributed by atoms with Crippen molar-refractivity contribution in [2.75, 3.05) is 70.1 Å². The highest BCUT2D eigenvalue weighted by atomic mass is 16.5. The van der Waals surface area contributed by atoms with Gasteiger partial charge >= 0.3 is 0 Å². The molecule has 8 heteroatoms. The summed E-state index contributed by atoms with van der Waals surface area (Å²) >= 11 is 0. The molecule has 0 unspecified atom stereocenters. The van der Waals surface area contributed by atoms with Crippen molar-refractivity contribution in [1.82, 2.24) is 0 Å². The van der Waals surface area contributed by atoms with E-state index in [1.807, 2.05) is 38.5 Å². The number of rotatable bonds is 16. The van der Waals surface area contributed by atoms with Gasteiger partial charge in [0.2, 0.25) is 0 Å². The van der Waals surface area contributed by atoms with E-state index in [1.165, 1.54) is 106 Å². The Kier molecular flexibility index (Phi) is 36.9. The van der Waals surface area contributed by atoms with Crippen molar-refractivity contribution in [2.45, 2.75) is 145 Å². The van der Waals surface area contributed by atoms with Crippen LogP contribution in [0, 0.1) is 23.7 Å². The van der Waals surface area contributed by atoms with Crippen LogP contribution in [-0.4, -0.2) is 82.3 Å². The van der Waals surface area contributed by atoms with Gasteiger partial charge in [-0.3, -0.25) is 0 Å². The van der Waals surface area contributed by atoms with Gasteiger partial charge in [0.05, 0.1) is 39.6 Å². The molecule has 0 bridgehead atoms. The van der Waals surface area contributed by atoms with Gasteiger partial charge in [-0.05, 0) is 160 Å². The molecule has 0 N–H and O–H groups in total. The number of methoxy groups -OCH3 is 8. The molecule has 0 radical (unpaired) electrons. The van der Waals surface area contributed by atoms with Crippen LogP contribution in [0.4, 0.5) is 0 Å². The van der Waals surface area contributed by atoms with Gasteiger partial charge in [0, 0.05) is 55.9 Å². The fourth-order valence-corrected chi connectivity index (χ4v) is 8.50. The van der Waals surface area contributed by atoms with Crippen LogP contribution in [0.15, 0.2) is 72.8 Å². The standard InChI is InChI=1S/C15H28O2.C15H16O2.C10H20O2.C10H14O2.4CH4/c2*1-16-14-7-3-12(4-8-14)11-13-5-9-15(17-2)10-6-13;2*1-11-7-9-3-5-10(6-4-9)8-12-2;;;;/h12-15H,3-11H2,1-2H3;3-10H,11H2,1-2H3;9-10H,3-8H2,1-2H3;3-6H,7-8H2,1-2H3;4*1H4. The third-order valence-electron chi connectivity index (χ3n) is 12.1. The first-order valence-corrected chi connectivity index (χ1v) is 21.7. The predicted molar refractivity (Wildman–Crippen MR) is 263 cm³/mol. The summed E-state index contributed by atoms with van der Waals surface area (Å²) in [6.07, 6.45) is 19.5. The number of benzene rings is 3. The lowest BCUT2D eigenvalue weighted by Crippen LogP contribution is -2.25. The minimum absolute atomic E-state index is 0. The molecular weight excluding hydrogens is 777 g/mol. The molecule has 3 aliphatic rings. The molecule has 0 heterocycles. The Bertz CT molecular complexity index is 1280. The fraction of sp³-hybridized carbons (Fsp3) is 0.667. The van der Waals surface area contributed by atoms with Crippen molar-refractivity contribution in [1.29, 1.82) is 0 Å². The third-order valence-corrected chi connectivity index (χ3v) is 12.1. The van der Waals surface area contributed by atoms with Crippen LogP contribution in [0.3, 0.4) is 0 Å². The maximum Gasteiger partial charge on any atom is 0.118 e. The maximum atomic E-state index is 5.44. The minimum atomic E-state index is 0. The molecule has 0 amide bonds. The van der Waals surface area contributed by atoms with Gasteiger partial charge in [-0.1, -0.05) is 78.2 Å². The van der Waals surface area contributed by atoms with E-state index in [-0.39, 0.29) is 29.7 Å². The van der Waals surface area contributed by atoms with Gasteiger partial charge in [-0.15, -0.1) is 0 Å². The second-order valence-electron chi connectivity index (χ2n) is 16.3. The van der Waals surface area contributed by atoms with Crippen LogP contribution in [-0.2, 0) is 48.1 Å². The van der Waals surface area contributed by atoms with Crippen LogP contribution < -0.4 is 9.47 Å². The Balaban J connectivity index is 0. The Morgan fingerprint density at radius 3 is 0.903 bits per heavy atom. The fourth-order valence-electron chi connectivity index (χ4n) is 8.50. The van der Waals surface area contributed by atoms with Gasteiger partial charge in [0.1, 0.15) is 11.5 Å². The lowest BCUT2D eigenvalue weighted by atomic mass is 9.76. The largest absolute Gasteiger partial charge is 0.497 e. The van der Waals surface area contributed by atoms with Crippen LogP contribution in [0.25, 0.3) is 0 Å². The second kappa shape index (κ2) is 37.4. The first-order chi connectivity index (χ1) is 28.4. The SMILES string of the molecule is C.C.C.C.COC1CCC(CC2CCC(OC)CC2)CC1.COCC1CCC(COC)CC1.COCc1ccc(COC)cc1.COc1ccc(Cc2ccc(OC)cc2)cc1. The molecule has 62 heavy (non-hydrogen) atoms. The average molecular weight is 871 g/mol. The first kappa shape index (κ1) is 61.1. The molecule has 3 saturated carbocycles. The van der Waals surface area contributed by atoms with Crippen LogP contribution in [0.5, 0.6) is 11.5 Å². The third kappa shape index (κ3) is 24.8. The molecule has 8 nitrogen and oxygen atoms in total. The Hall–Kier alpha value is -2.98. The van der Waals surface area contributed by atoms with E-state index in [4.69, 9.17) is 37.9 Å². The summed E-state index contributed by atoms with van der Waals surface area (Å²) in [5.74, 6) is 5.36. The van der Waals surface area contributed by atoms with E-state index in [1.54, 1.807) is 42.7 Å². The molecule has 3 aliphatic carbocycles. The van der Waals surface area contributed by atoms with E-state index in [2.05, 4.69) is 48.5 Å². The highest BCUT2D eigenvalue weighted by Gasteiger charge is 2.27. The second-order valence-corrected chi connectivity index (χ2v) is 16.3. The minimum Gasteiger partial charge on any atom is -0.497 e. The van der Waals surface area contributed by atoms with Gasteiger partial charge in [0.15, 0.2) is 0 Å². The number of ether oxygens (including phenoxy) is 8. The average Bonchev–Trinajstić information content (AvgIpc) is 3.27. The lowest BCUT2D eigenvalue weighted by molar-refractivity contribution is 0.0381. The number of hydrogen-bond acceptors (Lipinski definition) is 8. The summed E-state index contributed by atoms with van der Waals surface area (Å²) in [5, 5.41) is 0. The Morgan fingerprint density at radius 1 is 0.355 bits per heavy atom. The summed E-state index contributed by atoms with van der Waals surface area (Å²) < 4.78 is 41.4. The van der Waals surface area contributed by atoms with Gasteiger partial charge in [-0.2, -0.15) is 0 Å². The van der Waals surface area contributed by atoms with E-state index in [0.717, 1.165) is 54.8 Å². The molecule has 3 fully saturated rings. The van der Waals surface area contributed by atoms with E-state index in [0.29, 0.717) is 25.4 Å². The molecule has 0 aromatic heterocycles. The molecule has 0 atom stereocenters. The quantitative estimate of drug-likeness (QED) is 0.141. The topological polar surface area (TPSA) is 73.8 Å². The zero-order valence-corrected chi connectivity index (χ0v) is 37.4. The van der Waals surface area contributed by atoms with Crippen molar-refractivity contribution >= 4 is 0 Å². The maximum absolute atomic E-state index is 5.44. The van der Waals surface area contributed by atoms with Gasteiger partial charge in [0.25, 0.3) is 0 Å². The van der Waals surface area contributed by atoms with Crippen molar-refractivity contribution in [3.05, 3.63) is 95.1 Å². The zero-order valence-electron chi connectivity index (χ0n) is 37.4. The van der Waals surface area contributed by atoms with Crippen LogP contribution in [0.1, 0.15) is 135 Å². The van der Waals surface area contributed by atoms with Gasteiger partial charge < -0.3 is 37.9 Å². The molecular formula is C54H94O8. The summed E-state index contributed by atoms with van der Waals surface area (Å²) in [5.41, 5.74) is 4.93. The Labute approximate surface area is 382 Å². The molecule has 358 valence electrons. The van der Waals surface area contributed by atoms with E-state index < -0.39 is 0 Å².